The molecule has 4 nitrogen and oxygen atoms in total. The molecule has 22 heavy (non-hydrogen) atoms. The maximum Gasteiger partial charge on any atom is 0.257 e. The summed E-state index contributed by atoms with van der Waals surface area (Å²) in [6, 6.07) is 12.6. The van der Waals surface area contributed by atoms with Gasteiger partial charge in [0.15, 0.2) is 5.11 Å². The number of carbonyl (C=O) groups excluding carboxylic acids is 1. The average molecular weight is 444 g/mol. The van der Waals surface area contributed by atoms with Crippen LogP contribution in [-0.4, -0.2) is 18.1 Å². The zero-order valence-electron chi connectivity index (χ0n) is 11.5. The van der Waals surface area contributed by atoms with E-state index in [1.807, 2.05) is 24.3 Å². The smallest absolute Gasteiger partial charge is 0.257 e. The third kappa shape index (κ3) is 4.53. The molecular formula is C15H12Br2N2O2S. The Labute approximate surface area is 150 Å². The van der Waals surface area contributed by atoms with Crippen LogP contribution in [0.1, 0.15) is 10.4 Å². The molecule has 0 aromatic heterocycles. The molecule has 7 heteroatoms. The third-order valence-corrected chi connectivity index (χ3v) is 4.04. The monoisotopic (exact) mass is 442 g/mol. The van der Waals surface area contributed by atoms with Gasteiger partial charge >= 0.3 is 0 Å². The van der Waals surface area contributed by atoms with Gasteiger partial charge in [-0.05, 0) is 64.5 Å². The molecule has 0 saturated heterocycles. The second-order valence-corrected chi connectivity index (χ2v) is 6.45. The van der Waals surface area contributed by atoms with Gasteiger partial charge in [0.25, 0.3) is 5.91 Å². The SMILES string of the molecule is COc1ccc(C(=O)NC(=S)Nc2cccc(Br)c2)cc1Br. The predicted molar refractivity (Wildman–Crippen MR) is 98.5 cm³/mol. The van der Waals surface area contributed by atoms with E-state index in [9.17, 15) is 4.79 Å². The third-order valence-electron chi connectivity index (χ3n) is 2.72. The van der Waals surface area contributed by atoms with E-state index in [-0.39, 0.29) is 11.0 Å². The number of carbonyl (C=O) groups is 1. The van der Waals surface area contributed by atoms with Crippen LogP contribution in [0, 0.1) is 0 Å². The second-order valence-electron chi connectivity index (χ2n) is 4.27. The first-order chi connectivity index (χ1) is 10.5. The zero-order valence-corrected chi connectivity index (χ0v) is 15.5. The standard InChI is InChI=1S/C15H12Br2N2O2S/c1-21-13-6-5-9(7-12(13)17)14(20)19-15(22)18-11-4-2-3-10(16)8-11/h2-8H,1H3,(H2,18,19,20,22). The van der Waals surface area contributed by atoms with Crippen molar-refractivity contribution < 1.29 is 9.53 Å². The summed E-state index contributed by atoms with van der Waals surface area (Å²) in [5.41, 5.74) is 1.27. The van der Waals surface area contributed by atoms with Crippen molar-refractivity contribution >= 4 is 60.8 Å². The molecule has 0 fully saturated rings. The van der Waals surface area contributed by atoms with Gasteiger partial charge in [0.05, 0.1) is 11.6 Å². The molecule has 0 aliphatic heterocycles. The Kier molecular flexibility index (Phi) is 5.93. The molecule has 0 spiro atoms. The normalized spacial score (nSPS) is 9.95. The topological polar surface area (TPSA) is 50.4 Å². The Morgan fingerprint density at radius 3 is 2.59 bits per heavy atom. The Morgan fingerprint density at radius 2 is 1.95 bits per heavy atom. The molecule has 0 aliphatic rings. The molecule has 2 aromatic carbocycles. The number of amides is 1. The van der Waals surface area contributed by atoms with Crippen molar-refractivity contribution in [2.75, 3.05) is 12.4 Å². The van der Waals surface area contributed by atoms with E-state index in [4.69, 9.17) is 17.0 Å². The average Bonchev–Trinajstić information content (AvgIpc) is 2.46. The quantitative estimate of drug-likeness (QED) is 0.692. The fraction of sp³-hybridized carbons (Fsp3) is 0.0667. The fourth-order valence-corrected chi connectivity index (χ4v) is 2.86. The van der Waals surface area contributed by atoms with Gasteiger partial charge in [-0.25, -0.2) is 0 Å². The fourth-order valence-electron chi connectivity index (χ4n) is 1.71. The van der Waals surface area contributed by atoms with Gasteiger partial charge in [-0.3, -0.25) is 10.1 Å². The van der Waals surface area contributed by atoms with Gasteiger partial charge in [0.2, 0.25) is 0 Å². The van der Waals surface area contributed by atoms with Crippen LogP contribution in [0.5, 0.6) is 5.75 Å². The van der Waals surface area contributed by atoms with E-state index in [0.29, 0.717) is 15.8 Å². The van der Waals surface area contributed by atoms with Crippen LogP contribution < -0.4 is 15.4 Å². The molecule has 1 amide bonds. The van der Waals surface area contributed by atoms with E-state index in [2.05, 4.69) is 42.5 Å². The number of methoxy groups -OCH3 is 1. The first kappa shape index (κ1) is 16.9. The van der Waals surface area contributed by atoms with E-state index in [0.717, 1.165) is 10.2 Å². The lowest BCUT2D eigenvalue weighted by molar-refractivity contribution is 0.0977. The lowest BCUT2D eigenvalue weighted by Gasteiger charge is -2.10. The number of hydrogen-bond acceptors (Lipinski definition) is 3. The van der Waals surface area contributed by atoms with E-state index in [1.54, 1.807) is 25.3 Å². The Morgan fingerprint density at radius 1 is 1.18 bits per heavy atom. The number of ether oxygens (including phenoxy) is 1. The summed E-state index contributed by atoms with van der Waals surface area (Å²) in [5, 5.41) is 5.82. The van der Waals surface area contributed by atoms with Gasteiger partial charge < -0.3 is 10.1 Å². The summed E-state index contributed by atoms with van der Waals surface area (Å²) in [6.07, 6.45) is 0. The highest BCUT2D eigenvalue weighted by atomic mass is 79.9. The summed E-state index contributed by atoms with van der Waals surface area (Å²) < 4.78 is 6.75. The number of anilines is 1. The lowest BCUT2D eigenvalue weighted by Crippen LogP contribution is -2.34. The summed E-state index contributed by atoms with van der Waals surface area (Å²) in [7, 11) is 1.57. The van der Waals surface area contributed by atoms with Gasteiger partial charge in [0.1, 0.15) is 5.75 Å². The van der Waals surface area contributed by atoms with Crippen molar-refractivity contribution in [1.29, 1.82) is 0 Å². The van der Waals surface area contributed by atoms with Crippen molar-refractivity contribution in [3.05, 3.63) is 57.0 Å². The van der Waals surface area contributed by atoms with E-state index >= 15 is 0 Å². The number of hydrogen-bond donors (Lipinski definition) is 2. The van der Waals surface area contributed by atoms with Gasteiger partial charge in [-0.1, -0.05) is 22.0 Å². The lowest BCUT2D eigenvalue weighted by atomic mass is 10.2. The Bertz CT molecular complexity index is 722. The predicted octanol–water partition coefficient (Wildman–Crippen LogP) is 4.35. The number of benzene rings is 2. The van der Waals surface area contributed by atoms with Crippen molar-refractivity contribution in [2.45, 2.75) is 0 Å². The second kappa shape index (κ2) is 7.71. The van der Waals surface area contributed by atoms with Crippen LogP contribution in [-0.2, 0) is 0 Å². The molecule has 2 aromatic rings. The molecule has 2 rings (SSSR count). The highest BCUT2D eigenvalue weighted by molar-refractivity contribution is 9.10. The first-order valence-corrected chi connectivity index (χ1v) is 8.20. The minimum atomic E-state index is -0.296. The van der Waals surface area contributed by atoms with Gasteiger partial charge in [-0.15, -0.1) is 0 Å². The van der Waals surface area contributed by atoms with Crippen LogP contribution in [0.2, 0.25) is 0 Å². The maximum absolute atomic E-state index is 12.2. The largest absolute Gasteiger partial charge is 0.496 e. The van der Waals surface area contributed by atoms with Crippen LogP contribution in [0.15, 0.2) is 51.4 Å². The molecule has 0 saturated carbocycles. The number of rotatable bonds is 3. The van der Waals surface area contributed by atoms with Crippen LogP contribution in [0.4, 0.5) is 5.69 Å². The number of thiocarbonyl (C=S) groups is 1. The summed E-state index contributed by atoms with van der Waals surface area (Å²) in [5.74, 6) is 0.363. The van der Waals surface area contributed by atoms with E-state index < -0.39 is 0 Å². The van der Waals surface area contributed by atoms with Crippen LogP contribution in [0.25, 0.3) is 0 Å². The van der Waals surface area contributed by atoms with Crippen molar-refractivity contribution in [3.8, 4) is 5.75 Å². The number of nitrogens with one attached hydrogen (secondary N) is 2. The molecule has 0 aliphatic carbocycles. The minimum absolute atomic E-state index is 0.232. The Hall–Kier alpha value is -1.44. The zero-order chi connectivity index (χ0) is 16.1. The van der Waals surface area contributed by atoms with Crippen LogP contribution >= 0.6 is 44.1 Å². The van der Waals surface area contributed by atoms with E-state index in [1.165, 1.54) is 0 Å². The van der Waals surface area contributed by atoms with Gasteiger partial charge in [0, 0.05) is 15.7 Å². The summed E-state index contributed by atoms with van der Waals surface area (Å²) in [4.78, 5) is 12.2. The molecule has 0 heterocycles. The molecule has 114 valence electrons. The molecule has 0 radical (unpaired) electrons. The maximum atomic E-state index is 12.2. The number of halogens is 2. The molecule has 0 atom stereocenters. The minimum Gasteiger partial charge on any atom is -0.496 e. The van der Waals surface area contributed by atoms with Crippen molar-refractivity contribution in [2.24, 2.45) is 0 Å². The summed E-state index contributed by atoms with van der Waals surface area (Å²) in [6.45, 7) is 0. The molecule has 0 bridgehead atoms. The van der Waals surface area contributed by atoms with Gasteiger partial charge in [-0.2, -0.15) is 0 Å². The Balaban J connectivity index is 2.02. The van der Waals surface area contributed by atoms with Crippen molar-refractivity contribution in [3.63, 3.8) is 0 Å². The molecule has 2 N–H and O–H groups in total. The highest BCUT2D eigenvalue weighted by Crippen LogP contribution is 2.25. The molecular weight excluding hydrogens is 432 g/mol. The highest BCUT2D eigenvalue weighted by Gasteiger charge is 2.10. The first-order valence-electron chi connectivity index (χ1n) is 6.21. The molecule has 0 unspecified atom stereocenters. The van der Waals surface area contributed by atoms with Crippen LogP contribution in [0.3, 0.4) is 0 Å². The summed E-state index contributed by atoms with van der Waals surface area (Å²) >= 11 is 11.9. The van der Waals surface area contributed by atoms with Crippen molar-refractivity contribution in [1.82, 2.24) is 5.32 Å².